The molecule has 1 aliphatic rings. The first-order chi connectivity index (χ1) is 17.9. The summed E-state index contributed by atoms with van der Waals surface area (Å²) >= 11 is 0. The van der Waals surface area contributed by atoms with Crippen molar-refractivity contribution >= 4 is 26.3 Å². The molecule has 0 fully saturated rings. The van der Waals surface area contributed by atoms with E-state index in [0.29, 0.717) is 13.0 Å². The number of ether oxygens (including phenoxy) is 2. The molecule has 8 nitrogen and oxygen atoms in total. The molecule has 0 aliphatic carbocycles. The summed E-state index contributed by atoms with van der Waals surface area (Å²) in [4.78, 5) is 40.7. The van der Waals surface area contributed by atoms with Gasteiger partial charge in [0.1, 0.15) is 18.7 Å². The molecule has 0 saturated heterocycles. The lowest BCUT2D eigenvalue weighted by molar-refractivity contribution is -0.146. The molecular formula is C29H40N2O6Si. The fraction of sp³-hybridized carbons (Fsp3) is 0.483. The number of nitrogens with zero attached hydrogens (tertiary/aromatic N) is 1. The smallest absolute Gasteiger partial charge is 0.411 e. The number of hydrogen-bond donors (Lipinski definition) is 1. The Morgan fingerprint density at radius 2 is 1.66 bits per heavy atom. The largest absolute Gasteiger partial charge is 0.467 e. The van der Waals surface area contributed by atoms with Gasteiger partial charge in [0, 0.05) is 19.4 Å². The number of carbonyl (C=O) groups is 3. The standard InChI is InChI=1S/C29H40N2O6Si/c1-29(2,3)38(5,6)37-17-16-24(27(33)35-4)30-26(32)25-18-22-14-10-11-15-23(22)19-31(25)28(34)36-20-21-12-8-7-9-13-21/h7-15,24-25H,16-20H2,1-6H3,(H,30,32)/t24-,25+/m1/s1. The third-order valence-corrected chi connectivity index (χ3v) is 12.0. The molecule has 206 valence electrons. The molecule has 0 spiro atoms. The topological polar surface area (TPSA) is 94.2 Å². The molecule has 0 saturated carbocycles. The van der Waals surface area contributed by atoms with E-state index in [1.165, 1.54) is 12.0 Å². The maximum absolute atomic E-state index is 13.5. The van der Waals surface area contributed by atoms with Crippen LogP contribution in [0.25, 0.3) is 0 Å². The molecule has 0 radical (unpaired) electrons. The molecule has 2 aromatic carbocycles. The zero-order chi connectivity index (χ0) is 27.9. The van der Waals surface area contributed by atoms with Crippen LogP contribution in [0.15, 0.2) is 54.6 Å². The summed E-state index contributed by atoms with van der Waals surface area (Å²) < 4.78 is 16.8. The summed E-state index contributed by atoms with van der Waals surface area (Å²) in [6, 6.07) is 15.4. The third kappa shape index (κ3) is 7.45. The van der Waals surface area contributed by atoms with E-state index in [9.17, 15) is 14.4 Å². The molecular weight excluding hydrogens is 500 g/mol. The Labute approximate surface area is 226 Å². The van der Waals surface area contributed by atoms with Crippen LogP contribution in [0.2, 0.25) is 18.1 Å². The van der Waals surface area contributed by atoms with Crippen LogP contribution >= 0.6 is 0 Å². The SMILES string of the molecule is COC(=O)[C@@H](CCO[Si](C)(C)C(C)(C)C)NC(=O)[C@@H]1Cc2ccccc2CN1C(=O)OCc1ccccc1. The van der Waals surface area contributed by atoms with E-state index in [4.69, 9.17) is 13.9 Å². The number of esters is 1. The van der Waals surface area contributed by atoms with Crippen molar-refractivity contribution < 1.29 is 28.3 Å². The van der Waals surface area contributed by atoms with Crippen molar-refractivity contribution in [2.75, 3.05) is 13.7 Å². The summed E-state index contributed by atoms with van der Waals surface area (Å²) in [5.74, 6) is -0.981. The average molecular weight is 541 g/mol. The molecule has 1 N–H and O–H groups in total. The van der Waals surface area contributed by atoms with Crippen LogP contribution in [0.3, 0.4) is 0 Å². The lowest BCUT2D eigenvalue weighted by atomic mass is 9.93. The summed E-state index contributed by atoms with van der Waals surface area (Å²) in [5.41, 5.74) is 2.79. The molecule has 3 rings (SSSR count). The van der Waals surface area contributed by atoms with Crippen LogP contribution in [-0.4, -0.2) is 57.0 Å². The molecule has 1 heterocycles. The molecule has 1 aliphatic heterocycles. The van der Waals surface area contributed by atoms with Gasteiger partial charge in [-0.15, -0.1) is 0 Å². The first-order valence-electron chi connectivity index (χ1n) is 13.0. The second-order valence-electron chi connectivity index (χ2n) is 11.1. The van der Waals surface area contributed by atoms with Gasteiger partial charge in [-0.3, -0.25) is 9.69 Å². The van der Waals surface area contributed by atoms with E-state index in [1.807, 2.05) is 54.6 Å². The number of amides is 2. The molecule has 0 aromatic heterocycles. The summed E-state index contributed by atoms with van der Waals surface area (Å²) in [7, 11) is -0.734. The Morgan fingerprint density at radius 1 is 1.03 bits per heavy atom. The molecule has 0 unspecified atom stereocenters. The maximum Gasteiger partial charge on any atom is 0.411 e. The van der Waals surface area contributed by atoms with Gasteiger partial charge in [-0.25, -0.2) is 9.59 Å². The minimum atomic E-state index is -2.03. The fourth-order valence-electron chi connectivity index (χ4n) is 4.06. The Balaban J connectivity index is 1.73. The van der Waals surface area contributed by atoms with Gasteiger partial charge in [0.15, 0.2) is 8.32 Å². The molecule has 2 atom stereocenters. The number of benzene rings is 2. The highest BCUT2D eigenvalue weighted by molar-refractivity contribution is 6.74. The highest BCUT2D eigenvalue weighted by Gasteiger charge is 2.39. The van der Waals surface area contributed by atoms with Crippen LogP contribution in [0, 0.1) is 0 Å². The molecule has 0 bridgehead atoms. The zero-order valence-electron chi connectivity index (χ0n) is 23.3. The van der Waals surface area contributed by atoms with Crippen molar-refractivity contribution in [3.8, 4) is 0 Å². The van der Waals surface area contributed by atoms with Gasteiger partial charge in [0.25, 0.3) is 0 Å². The summed E-state index contributed by atoms with van der Waals surface area (Å²) in [5, 5.41) is 2.85. The summed E-state index contributed by atoms with van der Waals surface area (Å²) in [6.45, 7) is 11.4. The van der Waals surface area contributed by atoms with Crippen LogP contribution in [0.1, 0.15) is 43.9 Å². The van der Waals surface area contributed by atoms with Gasteiger partial charge in [0.2, 0.25) is 5.91 Å². The van der Waals surface area contributed by atoms with Crippen LogP contribution in [0.4, 0.5) is 4.79 Å². The van der Waals surface area contributed by atoms with Gasteiger partial charge in [-0.05, 0) is 34.8 Å². The van der Waals surface area contributed by atoms with Crippen molar-refractivity contribution in [3.05, 3.63) is 71.3 Å². The summed E-state index contributed by atoms with van der Waals surface area (Å²) in [6.07, 6.45) is 0.00289. The van der Waals surface area contributed by atoms with Crippen molar-refractivity contribution in [3.63, 3.8) is 0 Å². The van der Waals surface area contributed by atoms with Crippen molar-refractivity contribution in [2.45, 2.75) is 77.0 Å². The first kappa shape index (κ1) is 29.4. The van der Waals surface area contributed by atoms with Gasteiger partial charge >= 0.3 is 12.1 Å². The maximum atomic E-state index is 13.5. The van der Waals surface area contributed by atoms with Gasteiger partial charge in [0.05, 0.1) is 13.7 Å². The van der Waals surface area contributed by atoms with Gasteiger partial charge < -0.3 is 19.2 Å². The van der Waals surface area contributed by atoms with Crippen LogP contribution < -0.4 is 5.32 Å². The van der Waals surface area contributed by atoms with E-state index >= 15 is 0 Å². The molecule has 9 heteroatoms. The predicted octanol–water partition coefficient (Wildman–Crippen LogP) is 4.82. The molecule has 38 heavy (non-hydrogen) atoms. The Kier molecular flexibility index (Phi) is 9.73. The second kappa shape index (κ2) is 12.6. The van der Waals surface area contributed by atoms with Crippen LogP contribution in [0.5, 0.6) is 0 Å². The zero-order valence-corrected chi connectivity index (χ0v) is 24.3. The number of hydrogen-bond acceptors (Lipinski definition) is 6. The van der Waals surface area contributed by atoms with Crippen molar-refractivity contribution in [1.29, 1.82) is 0 Å². The molecule has 2 amide bonds. The second-order valence-corrected chi connectivity index (χ2v) is 15.9. The van der Waals surface area contributed by atoms with E-state index in [1.54, 1.807) is 0 Å². The number of rotatable bonds is 9. The number of fused-ring (bicyclic) bond motifs is 1. The first-order valence-corrected chi connectivity index (χ1v) is 15.9. The fourth-order valence-corrected chi connectivity index (χ4v) is 5.12. The van der Waals surface area contributed by atoms with E-state index < -0.39 is 38.4 Å². The van der Waals surface area contributed by atoms with E-state index in [2.05, 4.69) is 39.2 Å². The normalized spacial score (nSPS) is 16.3. The van der Waals surface area contributed by atoms with Crippen molar-refractivity contribution in [2.24, 2.45) is 0 Å². The lowest BCUT2D eigenvalue weighted by Gasteiger charge is -2.37. The van der Waals surface area contributed by atoms with Crippen LogP contribution in [-0.2, 0) is 43.1 Å². The average Bonchev–Trinajstić information content (AvgIpc) is 2.89. The van der Waals surface area contributed by atoms with Gasteiger partial charge in [-0.2, -0.15) is 0 Å². The van der Waals surface area contributed by atoms with E-state index in [-0.39, 0.29) is 24.6 Å². The van der Waals surface area contributed by atoms with E-state index in [0.717, 1.165) is 16.7 Å². The van der Waals surface area contributed by atoms with Crippen molar-refractivity contribution in [1.82, 2.24) is 10.2 Å². The number of nitrogens with one attached hydrogen (secondary N) is 1. The Bertz CT molecular complexity index is 1120. The monoisotopic (exact) mass is 540 g/mol. The Morgan fingerprint density at radius 3 is 2.29 bits per heavy atom. The third-order valence-electron chi connectivity index (χ3n) is 7.47. The number of methoxy groups -OCH3 is 1. The highest BCUT2D eigenvalue weighted by atomic mass is 28.4. The molecule has 2 aromatic rings. The predicted molar refractivity (Wildman–Crippen MR) is 148 cm³/mol. The quantitative estimate of drug-likeness (QED) is 0.362. The Hall–Kier alpha value is -3.17. The minimum absolute atomic E-state index is 0.0209. The van der Waals surface area contributed by atoms with Gasteiger partial charge in [-0.1, -0.05) is 75.4 Å². The highest BCUT2D eigenvalue weighted by Crippen LogP contribution is 2.36. The minimum Gasteiger partial charge on any atom is -0.467 e. The number of carbonyl (C=O) groups excluding carboxylic acids is 3. The lowest BCUT2D eigenvalue weighted by Crippen LogP contribution is -2.56.